The third-order valence-electron chi connectivity index (χ3n) is 19.6. The molecule has 4 aliphatic rings. The Kier molecular flexibility index (Phi) is 32.9. The number of carboxylic acid groups (broad SMARTS) is 3. The first-order valence-electron chi connectivity index (χ1n) is 38.7. The lowest BCUT2D eigenvalue weighted by molar-refractivity contribution is -0.143. The molecule has 9 rings (SSSR count). The Morgan fingerprint density at radius 2 is 1.29 bits per heavy atom. The first-order valence-corrected chi connectivity index (χ1v) is 41.1. The molecule has 9 atom stereocenters. The molecular weight excluding hydrogens is 1620 g/mol. The summed E-state index contributed by atoms with van der Waals surface area (Å²) >= 11 is 0. The summed E-state index contributed by atoms with van der Waals surface area (Å²) in [6.07, 6.45) is -0.819. The molecule has 43 heteroatoms. The average molecular weight is 1720 g/mol. The largest absolute Gasteiger partial charge is 0.493 e. The van der Waals surface area contributed by atoms with Gasteiger partial charge in [-0.05, 0) is 101 Å². The number of carbonyl (C=O) groups is 12. The van der Waals surface area contributed by atoms with Gasteiger partial charge in [-0.25, -0.2) is 19.7 Å². The van der Waals surface area contributed by atoms with E-state index in [1.54, 1.807) is 42.3 Å². The number of aliphatic hydroxyl groups is 1. The maximum atomic E-state index is 14.5. The number of nitrogens with one attached hydrogen (secondary N) is 10. The SMILES string of the molecule is C=C1C[C@H]2C=Nc3cc(OCCCCCOc4cc5c(cc4OC)C(=O)N4CC(=C)C[C@H]4[C@H](O)N5C(=O)OC[C@@H](SSCCNC(=O)[C@H](CC(=O)O)NC(=O)[C@H](CC(=O)O)NC(=O)[C@H](CCCNC(=N)N)NC(=O)[C@H](CC(=O)O)NC(=O)CC[C@@H](C)NC(=O)c4ccc(NCc5cnc6nc(N)[nH]c(=O)c6n5)cc4)C(C)C)c(OC)cc3C(=O)N2C1. The van der Waals surface area contributed by atoms with E-state index in [-0.39, 0.29) is 141 Å². The number of aliphatic imine (C=N–C) groups is 1. The Hall–Kier alpha value is -12.8. The number of anilines is 3. The van der Waals surface area contributed by atoms with E-state index in [1.807, 2.05) is 13.8 Å². The summed E-state index contributed by atoms with van der Waals surface area (Å²) in [7, 11) is 5.38. The first kappa shape index (κ1) is 92.1. The zero-order valence-electron chi connectivity index (χ0n) is 67.0. The van der Waals surface area contributed by atoms with Gasteiger partial charge in [0, 0.05) is 74.0 Å². The summed E-state index contributed by atoms with van der Waals surface area (Å²) < 4.78 is 29.6. The molecule has 4 aliphatic heterocycles. The van der Waals surface area contributed by atoms with Crippen molar-refractivity contribution in [3.63, 3.8) is 0 Å². The third kappa shape index (κ3) is 25.6. The van der Waals surface area contributed by atoms with Crippen molar-refractivity contribution >= 4 is 139 Å². The Bertz CT molecular complexity index is 4840. The van der Waals surface area contributed by atoms with Crippen molar-refractivity contribution in [2.45, 2.75) is 158 Å². The number of unbranched alkanes of at least 4 members (excludes halogenated alkanes) is 2. The fourth-order valence-corrected chi connectivity index (χ4v) is 16.0. The van der Waals surface area contributed by atoms with Gasteiger partial charge < -0.3 is 108 Å². The second kappa shape index (κ2) is 43.2. The van der Waals surface area contributed by atoms with E-state index in [0.717, 1.165) is 10.5 Å². The molecule has 6 heterocycles. The highest BCUT2D eigenvalue weighted by atomic mass is 33.1. The van der Waals surface area contributed by atoms with Gasteiger partial charge in [-0.15, -0.1) is 0 Å². The number of nitrogen functional groups attached to an aromatic ring is 1. The molecule has 41 nitrogen and oxygen atoms in total. The fourth-order valence-electron chi connectivity index (χ4n) is 13.3. The minimum atomic E-state index is -2.05. The molecule has 9 amide bonds. The molecule has 121 heavy (non-hydrogen) atoms. The van der Waals surface area contributed by atoms with Gasteiger partial charge in [0.15, 0.2) is 46.3 Å². The highest BCUT2D eigenvalue weighted by Crippen LogP contribution is 2.43. The molecule has 18 N–H and O–H groups in total. The van der Waals surface area contributed by atoms with Crippen molar-refractivity contribution in [3.05, 3.63) is 112 Å². The van der Waals surface area contributed by atoms with Gasteiger partial charge in [-0.3, -0.25) is 72.9 Å². The average Bonchev–Trinajstić information content (AvgIpc) is 1.61. The summed E-state index contributed by atoms with van der Waals surface area (Å²) in [6, 6.07) is 3.29. The molecule has 650 valence electrons. The first-order chi connectivity index (χ1) is 57.7. The molecule has 0 radical (unpaired) electrons. The Balaban J connectivity index is 0.750. The van der Waals surface area contributed by atoms with Crippen LogP contribution in [0.25, 0.3) is 11.2 Å². The van der Waals surface area contributed by atoms with E-state index < -0.39 is 144 Å². The number of methoxy groups -OCH3 is 2. The van der Waals surface area contributed by atoms with E-state index in [4.69, 9.17) is 40.6 Å². The molecule has 5 aromatic rings. The number of nitrogens with two attached hydrogens (primary N) is 2. The smallest absolute Gasteiger partial charge is 0.416 e. The lowest BCUT2D eigenvalue weighted by Crippen LogP contribution is -2.59. The van der Waals surface area contributed by atoms with Crippen molar-refractivity contribution in [2.75, 3.05) is 81.9 Å². The maximum Gasteiger partial charge on any atom is 0.416 e. The number of nitrogens with zero attached hydrogens (tertiary/aromatic N) is 7. The van der Waals surface area contributed by atoms with E-state index >= 15 is 0 Å². The number of carbonyl (C=O) groups excluding carboxylic acids is 9. The van der Waals surface area contributed by atoms with Crippen molar-refractivity contribution in [3.8, 4) is 23.0 Å². The van der Waals surface area contributed by atoms with Crippen molar-refractivity contribution in [2.24, 2.45) is 16.6 Å². The number of aromatic nitrogens is 4. The summed E-state index contributed by atoms with van der Waals surface area (Å²) in [5, 5.41) is 68.8. The van der Waals surface area contributed by atoms with Crippen molar-refractivity contribution in [1.82, 2.24) is 67.0 Å². The molecule has 0 saturated carbocycles. The predicted molar refractivity (Wildman–Crippen MR) is 444 cm³/mol. The Morgan fingerprint density at radius 3 is 1.93 bits per heavy atom. The van der Waals surface area contributed by atoms with E-state index in [9.17, 15) is 82.8 Å². The van der Waals surface area contributed by atoms with E-state index in [1.165, 1.54) is 71.2 Å². The van der Waals surface area contributed by atoms with Crippen molar-refractivity contribution in [1.29, 1.82) is 5.41 Å². The molecule has 0 unspecified atom stereocenters. The fraction of sp³-hybridized carbons (Fsp3) is 0.462. The van der Waals surface area contributed by atoms with Gasteiger partial charge in [0.25, 0.3) is 23.3 Å². The molecule has 0 aliphatic carbocycles. The molecule has 3 aromatic carbocycles. The number of aromatic amines is 1. The van der Waals surface area contributed by atoms with E-state index in [2.05, 4.69) is 80.6 Å². The molecule has 0 spiro atoms. The molecule has 0 bridgehead atoms. The predicted octanol–water partition coefficient (Wildman–Crippen LogP) is 2.83. The van der Waals surface area contributed by atoms with Crippen LogP contribution in [0.3, 0.4) is 0 Å². The van der Waals surface area contributed by atoms with Crippen LogP contribution in [0.1, 0.15) is 135 Å². The van der Waals surface area contributed by atoms with Gasteiger partial charge >= 0.3 is 24.0 Å². The van der Waals surface area contributed by atoms with Gasteiger partial charge in [-0.2, -0.15) is 4.98 Å². The Labute approximate surface area is 701 Å². The van der Waals surface area contributed by atoms with Crippen molar-refractivity contribution < 1.29 is 102 Å². The van der Waals surface area contributed by atoms with Crippen LogP contribution < -0.4 is 83.4 Å². The molecular formula is C78H99N19O22S2. The molecule has 2 aromatic heterocycles. The lowest BCUT2D eigenvalue weighted by atomic mass is 10.1. The minimum Gasteiger partial charge on any atom is -0.493 e. The summed E-state index contributed by atoms with van der Waals surface area (Å²) in [4.78, 5) is 197. The van der Waals surface area contributed by atoms with Crippen LogP contribution in [0.2, 0.25) is 0 Å². The zero-order chi connectivity index (χ0) is 87.9. The number of ether oxygens (including phenoxy) is 5. The second-order valence-electron chi connectivity index (χ2n) is 29.2. The standard InChI is InChI=1S/C78H99N19O22S2/c1-39(2)60(38-119-78(114)97-54-32-59(57(116-7)27-48(54)74(112)96-37-41(4)25-55(96)75(97)113)118-22-10-8-9-21-117-58-28-50-47(26-56(58)115-6)73(111)95-36-40(3)24-46(95)35-85-50)121-120-23-20-82-68(106)51(29-62(99)100)91-71(109)53(31-64(103)104)92-69(107)49(12-11-19-83-76(79)80)90-70(108)52(30-63(101)102)89-61(98)18-13-42(5)87-67(105)43-14-16-44(17-15-43)84-33-45-34-86-66-65(88-45)72(110)94-77(81)93-66/h14-17,26-28,32,34-35,39,42,46,49,51-53,55,60,75,84,113H,3-4,8-13,18-25,29-31,33,36-38H2,1-2,5-7H3,(H,82,106)(H,87,105)(H,89,98)(H,90,108)(H,91,109)(H,92,107)(H,99,100)(H,101,102)(H,103,104)(H4,79,80,83)(H3,81,86,93,94,110)/t42-,46+,49+,51+,52+,53+,55+,60-,75+/m1/s1. The van der Waals surface area contributed by atoms with Gasteiger partial charge in [0.05, 0.1) is 105 Å². The van der Waals surface area contributed by atoms with Gasteiger partial charge in [0.1, 0.15) is 30.8 Å². The number of aliphatic hydroxyl groups excluding tert-OH is 1. The molecule has 2 saturated heterocycles. The van der Waals surface area contributed by atoms with Crippen LogP contribution in [0.15, 0.2) is 88.8 Å². The number of aliphatic carboxylic acids is 3. The van der Waals surface area contributed by atoms with Crippen LogP contribution in [-0.4, -0.2) is 253 Å². The quantitative estimate of drug-likeness (QED) is 0.00876. The number of guanidine groups is 1. The second-order valence-corrected chi connectivity index (χ2v) is 32.0. The number of hydrogen-bond donors (Lipinski definition) is 16. The van der Waals surface area contributed by atoms with Crippen LogP contribution in [0.5, 0.6) is 23.0 Å². The van der Waals surface area contributed by atoms with E-state index in [0.29, 0.717) is 78.5 Å². The van der Waals surface area contributed by atoms with Gasteiger partial charge in [0.2, 0.25) is 35.5 Å². The lowest BCUT2D eigenvalue weighted by Gasteiger charge is -2.32. The topological polar surface area (TPSA) is 598 Å². The highest BCUT2D eigenvalue weighted by Gasteiger charge is 2.47. The number of benzene rings is 3. The maximum absolute atomic E-state index is 14.5. The summed E-state index contributed by atoms with van der Waals surface area (Å²) in [5.41, 5.74) is 14.2. The Morgan fingerprint density at radius 1 is 0.694 bits per heavy atom. The molecule has 2 fully saturated rings. The highest BCUT2D eigenvalue weighted by molar-refractivity contribution is 8.77. The minimum absolute atomic E-state index is 0.00314. The third-order valence-corrected chi connectivity index (χ3v) is 22.7. The number of amides is 9. The number of rotatable bonds is 44. The van der Waals surface area contributed by atoms with Crippen LogP contribution in [-0.2, 0) is 49.6 Å². The van der Waals surface area contributed by atoms with Crippen LogP contribution in [0.4, 0.5) is 27.8 Å². The summed E-state index contributed by atoms with van der Waals surface area (Å²) in [6.45, 7) is 14.1. The van der Waals surface area contributed by atoms with Gasteiger partial charge in [-0.1, -0.05) is 59.7 Å². The monoisotopic (exact) mass is 1720 g/mol. The number of hydrogen-bond acceptors (Lipinski definition) is 28. The van der Waals surface area contributed by atoms with Crippen LogP contribution >= 0.6 is 21.6 Å². The normalized spacial score (nSPS) is 16.7. The number of H-pyrrole nitrogens is 1. The summed E-state index contributed by atoms with van der Waals surface area (Å²) in [5.74, 6) is -11.1. The number of fused-ring (bicyclic) bond motifs is 5. The number of carboxylic acids is 3. The zero-order valence-corrected chi connectivity index (χ0v) is 68.7. The van der Waals surface area contributed by atoms with Crippen LogP contribution in [0, 0.1) is 11.3 Å².